The largest absolute Gasteiger partial charge is 0.485 e. The van der Waals surface area contributed by atoms with Crippen LogP contribution in [0.4, 0.5) is 13.2 Å². The zero-order valence-electron chi connectivity index (χ0n) is 15.1. The second kappa shape index (κ2) is 9.38. The Kier molecular flexibility index (Phi) is 6.66. The number of nitrogens with zero attached hydrogens (tertiary/aromatic N) is 1. The number of ketones is 1. The summed E-state index contributed by atoms with van der Waals surface area (Å²) in [6.45, 7) is 0.0187. The highest BCUT2D eigenvalue weighted by Gasteiger charge is 2.29. The van der Waals surface area contributed by atoms with E-state index in [2.05, 4.69) is 5.16 Å². The Morgan fingerprint density at radius 1 is 1.03 bits per heavy atom. The van der Waals surface area contributed by atoms with Crippen molar-refractivity contribution in [3.05, 3.63) is 87.6 Å². The van der Waals surface area contributed by atoms with E-state index in [1.165, 1.54) is 29.7 Å². The SMILES string of the molecule is O=C(COc1ccc(/C=N/OCc2ccc(C(F)(F)F)cc2)cc1)c1cccs1. The monoisotopic (exact) mass is 419 g/mol. The number of rotatable bonds is 8. The fourth-order valence-corrected chi connectivity index (χ4v) is 2.96. The lowest BCUT2D eigenvalue weighted by atomic mass is 10.1. The molecule has 0 aliphatic heterocycles. The molecule has 0 fully saturated rings. The van der Waals surface area contributed by atoms with Gasteiger partial charge in [0.25, 0.3) is 0 Å². The number of ether oxygens (including phenoxy) is 1. The van der Waals surface area contributed by atoms with Crippen molar-refractivity contribution in [2.24, 2.45) is 5.16 Å². The zero-order chi connectivity index (χ0) is 20.7. The Bertz CT molecular complexity index is 950. The number of benzene rings is 2. The van der Waals surface area contributed by atoms with E-state index < -0.39 is 11.7 Å². The van der Waals surface area contributed by atoms with Gasteiger partial charge in [-0.3, -0.25) is 4.79 Å². The van der Waals surface area contributed by atoms with E-state index in [-0.39, 0.29) is 19.0 Å². The number of carbonyl (C=O) groups is 1. The standard InChI is InChI=1S/C21H16F3NO3S/c22-21(23,24)17-7-3-16(4-8-17)13-28-25-12-15-5-9-18(10-6-15)27-14-19(26)20-2-1-11-29-20/h1-12H,13-14H2/b25-12+. The second-order valence-electron chi connectivity index (χ2n) is 5.96. The van der Waals surface area contributed by atoms with Crippen LogP contribution in [0.5, 0.6) is 5.75 Å². The molecule has 0 aliphatic rings. The molecule has 0 saturated heterocycles. The summed E-state index contributed by atoms with van der Waals surface area (Å²) in [5.74, 6) is 0.472. The Morgan fingerprint density at radius 2 is 1.76 bits per heavy atom. The van der Waals surface area contributed by atoms with Crippen LogP contribution in [-0.2, 0) is 17.6 Å². The van der Waals surface area contributed by atoms with Crippen LogP contribution < -0.4 is 4.74 Å². The van der Waals surface area contributed by atoms with Gasteiger partial charge in [-0.05, 0) is 59.0 Å². The van der Waals surface area contributed by atoms with Crippen molar-refractivity contribution >= 4 is 23.3 Å². The average Bonchev–Trinajstić information content (AvgIpc) is 3.25. The minimum absolute atomic E-state index is 0.0375. The molecule has 0 unspecified atom stereocenters. The summed E-state index contributed by atoms with van der Waals surface area (Å²) in [7, 11) is 0. The Labute approximate surface area is 169 Å². The van der Waals surface area contributed by atoms with Crippen molar-refractivity contribution in [2.45, 2.75) is 12.8 Å². The average molecular weight is 419 g/mol. The van der Waals surface area contributed by atoms with Crippen LogP contribution in [0.1, 0.15) is 26.4 Å². The van der Waals surface area contributed by atoms with Gasteiger partial charge in [0.2, 0.25) is 5.78 Å². The minimum Gasteiger partial charge on any atom is -0.485 e. The normalized spacial score (nSPS) is 11.6. The van der Waals surface area contributed by atoms with Crippen molar-refractivity contribution in [1.82, 2.24) is 0 Å². The fraction of sp³-hybridized carbons (Fsp3) is 0.143. The maximum Gasteiger partial charge on any atom is 0.416 e. The zero-order valence-corrected chi connectivity index (χ0v) is 15.9. The van der Waals surface area contributed by atoms with E-state index >= 15 is 0 Å². The van der Waals surface area contributed by atoms with Crippen molar-refractivity contribution in [3.8, 4) is 5.75 Å². The molecule has 1 aromatic heterocycles. The highest BCUT2D eigenvalue weighted by Crippen LogP contribution is 2.29. The maximum atomic E-state index is 12.5. The Morgan fingerprint density at radius 3 is 2.38 bits per heavy atom. The van der Waals surface area contributed by atoms with Gasteiger partial charge in [-0.1, -0.05) is 23.4 Å². The van der Waals surface area contributed by atoms with Gasteiger partial charge in [-0.25, -0.2) is 0 Å². The molecule has 2 aromatic carbocycles. The molecule has 1 heterocycles. The van der Waals surface area contributed by atoms with Gasteiger partial charge in [0.1, 0.15) is 12.4 Å². The molecular weight excluding hydrogens is 403 g/mol. The third-order valence-corrected chi connectivity index (χ3v) is 4.75. The van der Waals surface area contributed by atoms with Gasteiger partial charge in [0, 0.05) is 0 Å². The molecule has 8 heteroatoms. The van der Waals surface area contributed by atoms with Gasteiger partial charge in [-0.2, -0.15) is 13.2 Å². The maximum absolute atomic E-state index is 12.5. The second-order valence-corrected chi connectivity index (χ2v) is 6.91. The molecule has 3 rings (SSSR count). The summed E-state index contributed by atoms with van der Waals surface area (Å²) >= 11 is 1.37. The van der Waals surface area contributed by atoms with E-state index in [4.69, 9.17) is 9.57 Å². The fourth-order valence-electron chi connectivity index (χ4n) is 2.31. The molecule has 4 nitrogen and oxygen atoms in total. The molecule has 0 N–H and O–H groups in total. The number of hydrogen-bond donors (Lipinski definition) is 0. The quantitative estimate of drug-likeness (QED) is 0.272. The summed E-state index contributed by atoms with van der Waals surface area (Å²) in [6, 6.07) is 15.2. The summed E-state index contributed by atoms with van der Waals surface area (Å²) in [5, 5.41) is 5.64. The van der Waals surface area contributed by atoms with E-state index in [9.17, 15) is 18.0 Å². The number of halogens is 3. The molecule has 0 saturated carbocycles. The Hall–Kier alpha value is -3.13. The van der Waals surface area contributed by atoms with Crippen molar-refractivity contribution in [2.75, 3.05) is 6.61 Å². The van der Waals surface area contributed by atoms with Gasteiger partial charge in [0.15, 0.2) is 6.61 Å². The minimum atomic E-state index is -4.36. The molecule has 0 aliphatic carbocycles. The topological polar surface area (TPSA) is 47.9 Å². The van der Waals surface area contributed by atoms with Crippen molar-refractivity contribution in [3.63, 3.8) is 0 Å². The van der Waals surface area contributed by atoms with Crippen LogP contribution in [0.2, 0.25) is 0 Å². The van der Waals surface area contributed by atoms with Crippen LogP contribution in [0, 0.1) is 0 Å². The molecule has 150 valence electrons. The third-order valence-electron chi connectivity index (χ3n) is 3.83. The van der Waals surface area contributed by atoms with E-state index in [0.717, 1.165) is 17.7 Å². The molecule has 29 heavy (non-hydrogen) atoms. The number of alkyl halides is 3. The van der Waals surface area contributed by atoms with Crippen molar-refractivity contribution in [1.29, 1.82) is 0 Å². The number of Topliss-reactive ketones (excluding diaryl/α,β-unsaturated/α-hetero) is 1. The lowest BCUT2D eigenvalue weighted by Crippen LogP contribution is -2.09. The van der Waals surface area contributed by atoms with E-state index in [1.54, 1.807) is 30.3 Å². The molecule has 0 spiro atoms. The number of carbonyl (C=O) groups excluding carboxylic acids is 1. The molecule has 0 bridgehead atoms. The van der Waals surface area contributed by atoms with Gasteiger partial charge >= 0.3 is 6.18 Å². The first kappa shape index (κ1) is 20.6. The first-order valence-corrected chi connectivity index (χ1v) is 9.41. The summed E-state index contributed by atoms with van der Waals surface area (Å²) in [6.07, 6.45) is -2.88. The van der Waals surface area contributed by atoms with Gasteiger partial charge < -0.3 is 9.57 Å². The highest BCUT2D eigenvalue weighted by molar-refractivity contribution is 7.12. The summed E-state index contributed by atoms with van der Waals surface area (Å²) in [5.41, 5.74) is 0.618. The number of oxime groups is 1. The Balaban J connectivity index is 1.44. The van der Waals surface area contributed by atoms with Crippen molar-refractivity contribution < 1.29 is 27.5 Å². The highest BCUT2D eigenvalue weighted by atomic mass is 32.1. The van der Waals surface area contributed by atoms with Crippen LogP contribution in [0.25, 0.3) is 0 Å². The first-order chi connectivity index (χ1) is 13.9. The van der Waals surface area contributed by atoms with Crippen LogP contribution >= 0.6 is 11.3 Å². The summed E-state index contributed by atoms with van der Waals surface area (Å²) in [4.78, 5) is 17.7. The van der Waals surface area contributed by atoms with Gasteiger partial charge in [-0.15, -0.1) is 11.3 Å². The number of hydrogen-bond acceptors (Lipinski definition) is 5. The molecular formula is C21H16F3NO3S. The smallest absolute Gasteiger partial charge is 0.416 e. The van der Waals surface area contributed by atoms with Gasteiger partial charge in [0.05, 0.1) is 16.7 Å². The summed E-state index contributed by atoms with van der Waals surface area (Å²) < 4.78 is 43.0. The first-order valence-electron chi connectivity index (χ1n) is 8.53. The van der Waals surface area contributed by atoms with Crippen LogP contribution in [0.15, 0.2) is 71.2 Å². The predicted molar refractivity (Wildman–Crippen MR) is 104 cm³/mol. The molecule has 3 aromatic rings. The lowest BCUT2D eigenvalue weighted by Gasteiger charge is -2.07. The third kappa shape index (κ3) is 6.18. The molecule has 0 amide bonds. The van der Waals surface area contributed by atoms with E-state index in [1.807, 2.05) is 11.4 Å². The molecule has 0 atom stereocenters. The van der Waals surface area contributed by atoms with Crippen LogP contribution in [0.3, 0.4) is 0 Å². The number of thiophene rings is 1. The van der Waals surface area contributed by atoms with E-state index in [0.29, 0.717) is 16.2 Å². The lowest BCUT2D eigenvalue weighted by molar-refractivity contribution is -0.137. The predicted octanol–water partition coefficient (Wildman–Crippen LogP) is 5.58. The van der Waals surface area contributed by atoms with Crippen LogP contribution in [-0.4, -0.2) is 18.6 Å². The molecule has 0 radical (unpaired) electrons.